The number of aromatic nitrogens is 4. The van der Waals surface area contributed by atoms with Crippen LogP contribution in [0.4, 0.5) is 0 Å². The predicted octanol–water partition coefficient (Wildman–Crippen LogP) is 2.43. The molecule has 2 aromatic rings. The van der Waals surface area contributed by atoms with E-state index in [1.54, 1.807) is 12.4 Å². The van der Waals surface area contributed by atoms with E-state index in [1.165, 1.54) is 11.8 Å². The summed E-state index contributed by atoms with van der Waals surface area (Å²) in [5.41, 5.74) is 0. The van der Waals surface area contributed by atoms with Crippen LogP contribution in [0.5, 0.6) is 0 Å². The molecule has 2 rings (SSSR count). The molecule has 0 N–H and O–H groups in total. The second-order valence-electron chi connectivity index (χ2n) is 2.99. The van der Waals surface area contributed by atoms with Crippen LogP contribution in [0, 0.1) is 6.92 Å². The van der Waals surface area contributed by atoms with Crippen molar-refractivity contribution in [2.45, 2.75) is 17.1 Å². The van der Waals surface area contributed by atoms with E-state index in [1.807, 2.05) is 24.7 Å². The van der Waals surface area contributed by atoms with Gasteiger partial charge >= 0.3 is 0 Å². The van der Waals surface area contributed by atoms with Crippen molar-refractivity contribution in [3.63, 3.8) is 0 Å². The molecule has 0 radical (unpaired) electrons. The van der Waals surface area contributed by atoms with Crippen molar-refractivity contribution >= 4 is 27.7 Å². The van der Waals surface area contributed by atoms with Gasteiger partial charge in [-0.3, -0.25) is 0 Å². The average Bonchev–Trinajstić information content (AvgIpc) is 2.58. The zero-order chi connectivity index (χ0) is 10.8. The molecule has 0 fully saturated rings. The van der Waals surface area contributed by atoms with Gasteiger partial charge in [0.2, 0.25) is 0 Å². The molecular formula is C9H9BrN4S. The van der Waals surface area contributed by atoms with Gasteiger partial charge in [0.25, 0.3) is 0 Å². The lowest BCUT2D eigenvalue weighted by molar-refractivity contribution is 0.787. The van der Waals surface area contributed by atoms with E-state index < -0.39 is 0 Å². The van der Waals surface area contributed by atoms with Gasteiger partial charge in [-0.25, -0.2) is 15.0 Å². The Morgan fingerprint density at radius 2 is 2.20 bits per heavy atom. The van der Waals surface area contributed by atoms with E-state index in [0.29, 0.717) is 0 Å². The molecule has 2 aromatic heterocycles. The highest BCUT2D eigenvalue weighted by Crippen LogP contribution is 2.29. The first-order chi connectivity index (χ1) is 7.16. The normalized spacial score (nSPS) is 10.6. The Bertz CT molecular complexity index is 483. The van der Waals surface area contributed by atoms with Crippen LogP contribution in [0.2, 0.25) is 0 Å². The minimum absolute atomic E-state index is 0.759. The predicted molar refractivity (Wildman–Crippen MR) is 61.8 cm³/mol. The fourth-order valence-electron chi connectivity index (χ4n) is 1.04. The van der Waals surface area contributed by atoms with E-state index >= 15 is 0 Å². The molecule has 0 atom stereocenters. The number of halogens is 1. The van der Waals surface area contributed by atoms with Crippen molar-refractivity contribution in [2.24, 2.45) is 7.05 Å². The third-order valence-electron chi connectivity index (χ3n) is 1.80. The second-order valence-corrected chi connectivity index (χ2v) is 4.80. The number of rotatable bonds is 2. The summed E-state index contributed by atoms with van der Waals surface area (Å²) in [6.45, 7) is 1.87. The van der Waals surface area contributed by atoms with Gasteiger partial charge in [0.05, 0.1) is 4.47 Å². The molecule has 0 aliphatic heterocycles. The molecule has 0 saturated heterocycles. The van der Waals surface area contributed by atoms with Crippen LogP contribution in [-0.4, -0.2) is 19.5 Å². The molecule has 78 valence electrons. The summed E-state index contributed by atoms with van der Waals surface area (Å²) in [4.78, 5) is 12.7. The summed E-state index contributed by atoms with van der Waals surface area (Å²) in [7, 11) is 1.96. The molecule has 0 aliphatic carbocycles. The summed E-state index contributed by atoms with van der Waals surface area (Å²) in [6.07, 6.45) is 5.43. The summed E-state index contributed by atoms with van der Waals surface area (Å²) in [6, 6.07) is 0. The molecular weight excluding hydrogens is 276 g/mol. The van der Waals surface area contributed by atoms with E-state index in [4.69, 9.17) is 0 Å². The van der Waals surface area contributed by atoms with Crippen LogP contribution < -0.4 is 0 Å². The maximum atomic E-state index is 4.34. The summed E-state index contributed by atoms with van der Waals surface area (Å²) >= 11 is 4.93. The van der Waals surface area contributed by atoms with E-state index in [0.717, 1.165) is 20.5 Å². The Kier molecular flexibility index (Phi) is 3.06. The first kappa shape index (κ1) is 10.6. The Morgan fingerprint density at radius 1 is 1.40 bits per heavy atom. The first-order valence-corrected chi connectivity index (χ1v) is 5.92. The fraction of sp³-hybridized carbons (Fsp3) is 0.222. The minimum Gasteiger partial charge on any atom is -0.329 e. The minimum atomic E-state index is 0.759. The van der Waals surface area contributed by atoms with Gasteiger partial charge in [0.1, 0.15) is 10.9 Å². The third-order valence-corrected chi connectivity index (χ3v) is 3.72. The first-order valence-electron chi connectivity index (χ1n) is 4.31. The lowest BCUT2D eigenvalue weighted by Crippen LogP contribution is -1.93. The summed E-state index contributed by atoms with van der Waals surface area (Å²) < 4.78 is 2.84. The quantitative estimate of drug-likeness (QED) is 0.795. The van der Waals surface area contributed by atoms with E-state index in [-0.39, 0.29) is 0 Å². The molecule has 0 saturated carbocycles. The highest BCUT2D eigenvalue weighted by molar-refractivity contribution is 9.10. The maximum Gasteiger partial charge on any atom is 0.174 e. The zero-order valence-electron chi connectivity index (χ0n) is 8.31. The van der Waals surface area contributed by atoms with Crippen molar-refractivity contribution in [3.8, 4) is 0 Å². The molecule has 6 heteroatoms. The van der Waals surface area contributed by atoms with Crippen molar-refractivity contribution in [3.05, 3.63) is 28.9 Å². The monoisotopic (exact) mass is 284 g/mol. The van der Waals surface area contributed by atoms with Crippen LogP contribution in [0.3, 0.4) is 0 Å². The topological polar surface area (TPSA) is 43.6 Å². The van der Waals surface area contributed by atoms with Crippen LogP contribution in [0.25, 0.3) is 0 Å². The van der Waals surface area contributed by atoms with Gasteiger partial charge in [-0.1, -0.05) is 0 Å². The van der Waals surface area contributed by atoms with Gasteiger partial charge in [-0.2, -0.15) is 0 Å². The maximum absolute atomic E-state index is 4.34. The molecule has 0 aromatic carbocycles. The Hall–Kier alpha value is -0.880. The van der Waals surface area contributed by atoms with Crippen LogP contribution in [0.1, 0.15) is 5.82 Å². The lowest BCUT2D eigenvalue weighted by atomic mass is 10.6. The lowest BCUT2D eigenvalue weighted by Gasteiger charge is -2.03. The van der Waals surface area contributed by atoms with Crippen LogP contribution >= 0.6 is 27.7 Å². The van der Waals surface area contributed by atoms with Crippen molar-refractivity contribution in [2.75, 3.05) is 0 Å². The molecule has 0 aliphatic rings. The van der Waals surface area contributed by atoms with Crippen LogP contribution in [0.15, 0.2) is 33.2 Å². The molecule has 15 heavy (non-hydrogen) atoms. The number of aryl methyl sites for hydroxylation is 2. The molecule has 2 heterocycles. The molecule has 4 nitrogen and oxygen atoms in total. The molecule has 0 unspecified atom stereocenters. The van der Waals surface area contributed by atoms with Gasteiger partial charge in [0.15, 0.2) is 5.16 Å². The molecule has 0 bridgehead atoms. The summed E-state index contributed by atoms with van der Waals surface area (Å²) in [5, 5.41) is 1.80. The largest absolute Gasteiger partial charge is 0.329 e. The van der Waals surface area contributed by atoms with E-state index in [2.05, 4.69) is 30.9 Å². The third kappa shape index (κ3) is 2.38. The fourth-order valence-corrected chi connectivity index (χ4v) is 2.30. The van der Waals surface area contributed by atoms with Crippen molar-refractivity contribution in [1.82, 2.24) is 19.5 Å². The van der Waals surface area contributed by atoms with Gasteiger partial charge < -0.3 is 4.57 Å². The van der Waals surface area contributed by atoms with Crippen molar-refractivity contribution in [1.29, 1.82) is 0 Å². The average molecular weight is 285 g/mol. The smallest absolute Gasteiger partial charge is 0.174 e. The highest BCUT2D eigenvalue weighted by atomic mass is 79.9. The number of hydrogen-bond acceptors (Lipinski definition) is 4. The van der Waals surface area contributed by atoms with Gasteiger partial charge in [-0.05, 0) is 34.6 Å². The van der Waals surface area contributed by atoms with Gasteiger partial charge in [0, 0.05) is 25.6 Å². The highest BCUT2D eigenvalue weighted by Gasteiger charge is 2.08. The SMILES string of the molecule is Cc1ncc(Br)c(Sc2nccn2C)n1. The van der Waals surface area contributed by atoms with Gasteiger partial charge in [-0.15, -0.1) is 0 Å². The summed E-state index contributed by atoms with van der Waals surface area (Å²) in [5.74, 6) is 0.759. The molecule has 0 amide bonds. The van der Waals surface area contributed by atoms with Crippen LogP contribution in [-0.2, 0) is 7.05 Å². The number of hydrogen-bond donors (Lipinski definition) is 0. The number of imidazole rings is 1. The standard InChI is InChI=1S/C9H9BrN4S/c1-6-12-5-7(10)8(13-6)15-9-11-3-4-14(9)2/h3-5H,1-2H3. The van der Waals surface area contributed by atoms with E-state index in [9.17, 15) is 0 Å². The Labute approximate surface area is 100 Å². The number of nitrogens with zero attached hydrogens (tertiary/aromatic N) is 4. The Morgan fingerprint density at radius 3 is 2.87 bits per heavy atom. The Balaban J connectivity index is 2.32. The van der Waals surface area contributed by atoms with Crippen molar-refractivity contribution < 1.29 is 0 Å². The molecule has 0 spiro atoms. The zero-order valence-corrected chi connectivity index (χ0v) is 10.7. The second kappa shape index (κ2) is 4.32.